The fraction of sp³-hybridized carbons (Fsp3) is 0.200. The molecular formula is C15H17IN2O2S. The quantitative estimate of drug-likeness (QED) is 0.391. The van der Waals surface area contributed by atoms with Crippen molar-refractivity contribution in [3.8, 4) is 0 Å². The predicted octanol–water partition coefficient (Wildman–Crippen LogP) is -0.313. The van der Waals surface area contributed by atoms with Crippen LogP contribution in [0.1, 0.15) is 10.4 Å². The summed E-state index contributed by atoms with van der Waals surface area (Å²) in [5.41, 5.74) is 1.42. The molecule has 0 aliphatic rings. The maximum absolute atomic E-state index is 12.3. The van der Waals surface area contributed by atoms with E-state index in [2.05, 4.69) is 0 Å². The van der Waals surface area contributed by atoms with Crippen molar-refractivity contribution >= 4 is 23.9 Å². The van der Waals surface area contributed by atoms with Gasteiger partial charge in [-0.05, 0) is 18.2 Å². The number of quaternary nitrogens is 1. The minimum absolute atomic E-state index is 0. The van der Waals surface area contributed by atoms with Crippen LogP contribution in [0.15, 0.2) is 48.7 Å². The number of carbonyl (C=O) groups excluding carboxylic acids is 1. The van der Waals surface area contributed by atoms with E-state index in [4.69, 9.17) is 17.1 Å². The third-order valence-electron chi connectivity index (χ3n) is 2.82. The molecule has 2 rings (SSSR count). The molecule has 21 heavy (non-hydrogen) atoms. The monoisotopic (exact) mass is 416 g/mol. The highest BCUT2D eigenvalue weighted by Crippen LogP contribution is 2.22. The Hall–Kier alpha value is -1.25. The van der Waals surface area contributed by atoms with Crippen molar-refractivity contribution < 1.29 is 33.6 Å². The number of para-hydroxylation sites is 1. The van der Waals surface area contributed by atoms with E-state index in [0.717, 1.165) is 5.69 Å². The average Bonchev–Trinajstić information content (AvgIpc) is 2.40. The Morgan fingerprint density at radius 1 is 1.10 bits per heavy atom. The largest absolute Gasteiger partial charge is 1.00 e. The second-order valence-corrected chi connectivity index (χ2v) is 5.69. The molecule has 2 aromatic rings. The molecule has 0 saturated heterocycles. The van der Waals surface area contributed by atoms with Crippen LogP contribution in [0.3, 0.4) is 0 Å². The zero-order chi connectivity index (χ0) is 14.8. The topological polar surface area (TPSA) is 31.2 Å². The zero-order valence-corrected chi connectivity index (χ0v) is 15.1. The maximum atomic E-state index is 12.3. The van der Waals surface area contributed by atoms with Gasteiger partial charge in [-0.2, -0.15) is 4.73 Å². The minimum Gasteiger partial charge on any atom is -1.00 e. The Morgan fingerprint density at radius 2 is 1.71 bits per heavy atom. The van der Waals surface area contributed by atoms with Crippen molar-refractivity contribution in [2.45, 2.75) is 0 Å². The van der Waals surface area contributed by atoms with Crippen LogP contribution in [0.4, 0.5) is 5.69 Å². The number of halogens is 1. The summed E-state index contributed by atoms with van der Waals surface area (Å²) < 4.78 is 2.28. The van der Waals surface area contributed by atoms with Crippen LogP contribution in [0.2, 0.25) is 0 Å². The molecule has 4 nitrogen and oxygen atoms in total. The third-order valence-corrected chi connectivity index (χ3v) is 3.13. The van der Waals surface area contributed by atoms with E-state index in [9.17, 15) is 4.79 Å². The van der Waals surface area contributed by atoms with E-state index in [1.54, 1.807) is 30.5 Å². The number of nitrogens with zero attached hydrogens (tertiary/aromatic N) is 2. The van der Waals surface area contributed by atoms with Crippen LogP contribution < -0.4 is 33.3 Å². The average molecular weight is 416 g/mol. The molecule has 1 aromatic heterocycles. The third kappa shape index (κ3) is 4.36. The summed E-state index contributed by atoms with van der Waals surface area (Å²) in [6, 6.07) is 12.7. The van der Waals surface area contributed by atoms with Crippen molar-refractivity contribution in [3.05, 3.63) is 58.9 Å². The fourth-order valence-electron chi connectivity index (χ4n) is 1.86. The zero-order valence-electron chi connectivity index (χ0n) is 12.1. The molecule has 0 N–H and O–H groups in total. The van der Waals surface area contributed by atoms with Crippen LogP contribution in [0.5, 0.6) is 0 Å². The fourth-order valence-corrected chi connectivity index (χ4v) is 2.03. The number of benzene rings is 1. The summed E-state index contributed by atoms with van der Waals surface area (Å²) in [7, 11) is 6.00. The van der Waals surface area contributed by atoms with Gasteiger partial charge in [0.2, 0.25) is 0 Å². The molecule has 0 amide bonds. The van der Waals surface area contributed by atoms with Gasteiger partial charge in [0.05, 0.1) is 21.1 Å². The normalized spacial score (nSPS) is 10.6. The number of hydrogen-bond acceptors (Lipinski definition) is 3. The molecule has 0 aliphatic carbocycles. The van der Waals surface area contributed by atoms with E-state index in [1.165, 1.54) is 4.73 Å². The van der Waals surface area contributed by atoms with Crippen molar-refractivity contribution in [1.29, 1.82) is 0 Å². The molecule has 6 heteroatoms. The van der Waals surface area contributed by atoms with Crippen molar-refractivity contribution in [2.24, 2.45) is 0 Å². The molecule has 0 atom stereocenters. The predicted molar refractivity (Wildman–Crippen MR) is 82.2 cm³/mol. The number of pyridine rings is 1. The van der Waals surface area contributed by atoms with Gasteiger partial charge in [0.15, 0.2) is 0 Å². The number of rotatable bonds is 3. The van der Waals surface area contributed by atoms with Crippen molar-refractivity contribution in [2.75, 3.05) is 21.1 Å². The van der Waals surface area contributed by atoms with Gasteiger partial charge in [0.1, 0.15) is 15.9 Å². The standard InChI is InChI=1S/C15H17N2O2S.HI/c1-17(2,3)13-9-5-4-8-12(13)15(18)19-16-11-7-6-10-14(16)20;/h4-11H,1-3H3;1H/q+1;/p-1. The smallest absolute Gasteiger partial charge is 0.369 e. The lowest BCUT2D eigenvalue weighted by Crippen LogP contribution is -3.00. The van der Waals surface area contributed by atoms with Gasteiger partial charge < -0.3 is 28.8 Å². The lowest BCUT2D eigenvalue weighted by molar-refractivity contribution is -0.0000234. The minimum atomic E-state index is -0.420. The molecule has 0 unspecified atom stereocenters. The van der Waals surface area contributed by atoms with Gasteiger partial charge in [-0.3, -0.25) is 4.48 Å². The molecule has 0 saturated carbocycles. The van der Waals surface area contributed by atoms with E-state index in [1.807, 2.05) is 39.3 Å². The van der Waals surface area contributed by atoms with Gasteiger partial charge >= 0.3 is 5.97 Å². The molecule has 0 spiro atoms. The first-order valence-electron chi connectivity index (χ1n) is 6.21. The number of carbonyl (C=O) groups is 1. The van der Waals surface area contributed by atoms with E-state index >= 15 is 0 Å². The van der Waals surface area contributed by atoms with Crippen LogP contribution in [0.25, 0.3) is 0 Å². The second kappa shape index (κ2) is 7.15. The Bertz CT molecular complexity index is 692. The first-order chi connectivity index (χ1) is 9.39. The Kier molecular flexibility index (Phi) is 6.06. The Morgan fingerprint density at radius 3 is 2.33 bits per heavy atom. The highest BCUT2D eigenvalue weighted by molar-refractivity contribution is 7.71. The summed E-state index contributed by atoms with van der Waals surface area (Å²) in [6.07, 6.45) is 1.62. The summed E-state index contributed by atoms with van der Waals surface area (Å²) in [5, 5.41) is 0. The molecular weight excluding hydrogens is 399 g/mol. The molecule has 0 bridgehead atoms. The van der Waals surface area contributed by atoms with Crippen molar-refractivity contribution in [1.82, 2.24) is 9.21 Å². The Labute approximate surface area is 146 Å². The summed E-state index contributed by atoms with van der Waals surface area (Å²) in [4.78, 5) is 17.7. The van der Waals surface area contributed by atoms with Crippen LogP contribution in [-0.4, -0.2) is 31.8 Å². The lowest BCUT2D eigenvalue weighted by Gasteiger charge is -2.25. The number of hydrogen-bond donors (Lipinski definition) is 0. The molecule has 1 heterocycles. The SMILES string of the molecule is C[N+](C)(C)c1ccccc1C(=O)On1ccccc1=S.[I-]. The molecule has 1 aromatic carbocycles. The van der Waals surface area contributed by atoms with Crippen LogP contribution >= 0.6 is 12.2 Å². The van der Waals surface area contributed by atoms with Crippen LogP contribution in [0, 0.1) is 4.64 Å². The second-order valence-electron chi connectivity index (χ2n) is 5.27. The first kappa shape index (κ1) is 17.8. The van der Waals surface area contributed by atoms with Gasteiger partial charge in [-0.25, -0.2) is 4.79 Å². The van der Waals surface area contributed by atoms with Crippen LogP contribution in [-0.2, 0) is 0 Å². The summed E-state index contributed by atoms with van der Waals surface area (Å²) >= 11 is 5.11. The van der Waals surface area contributed by atoms with Gasteiger partial charge in [-0.15, -0.1) is 0 Å². The summed E-state index contributed by atoms with van der Waals surface area (Å²) in [5.74, 6) is -0.420. The molecule has 0 aliphatic heterocycles. The van der Waals surface area contributed by atoms with E-state index in [0.29, 0.717) is 14.7 Å². The van der Waals surface area contributed by atoms with Gasteiger partial charge in [0.25, 0.3) is 0 Å². The molecule has 0 fully saturated rings. The number of aromatic nitrogens is 1. The van der Waals surface area contributed by atoms with Gasteiger partial charge in [0, 0.05) is 12.3 Å². The first-order valence-corrected chi connectivity index (χ1v) is 6.62. The molecule has 112 valence electrons. The molecule has 0 radical (unpaired) electrons. The Balaban J connectivity index is 0.00000220. The summed E-state index contributed by atoms with van der Waals surface area (Å²) in [6.45, 7) is 0. The van der Waals surface area contributed by atoms with E-state index in [-0.39, 0.29) is 24.0 Å². The lowest BCUT2D eigenvalue weighted by atomic mass is 10.1. The maximum Gasteiger partial charge on any atom is 0.369 e. The van der Waals surface area contributed by atoms with Gasteiger partial charge in [-0.1, -0.05) is 30.4 Å². The van der Waals surface area contributed by atoms with E-state index < -0.39 is 5.97 Å². The van der Waals surface area contributed by atoms with Crippen molar-refractivity contribution in [3.63, 3.8) is 0 Å². The highest BCUT2D eigenvalue weighted by atomic mass is 127. The highest BCUT2D eigenvalue weighted by Gasteiger charge is 2.23.